The molecular weight excluding hydrogens is 345 g/mol. The van der Waals surface area contributed by atoms with Crippen LogP contribution in [0, 0.1) is 18.2 Å². The van der Waals surface area contributed by atoms with E-state index in [0.29, 0.717) is 12.2 Å². The number of rotatable bonds is 6. The Kier molecular flexibility index (Phi) is 5.87. The number of nitrogens with zero attached hydrogens (tertiary/aromatic N) is 5. The third-order valence-electron chi connectivity index (χ3n) is 5.53. The molecule has 0 spiro atoms. The SMILES string of the molecule is CCCC1(C)CCCN(C(=O)C(Cc2ccc(F)cc2)n2nnnc2C)C1. The third-order valence-corrected chi connectivity index (χ3v) is 5.53. The fraction of sp³-hybridized carbons (Fsp3) is 0.600. The molecule has 0 saturated carbocycles. The van der Waals surface area contributed by atoms with E-state index in [9.17, 15) is 9.18 Å². The lowest BCUT2D eigenvalue weighted by Gasteiger charge is -2.41. The van der Waals surface area contributed by atoms with Crippen molar-refractivity contribution in [3.8, 4) is 0 Å². The summed E-state index contributed by atoms with van der Waals surface area (Å²) in [6.45, 7) is 7.78. The number of aromatic nitrogens is 4. The predicted octanol–water partition coefficient (Wildman–Crippen LogP) is 3.33. The van der Waals surface area contributed by atoms with Crippen LogP contribution in [0.4, 0.5) is 4.39 Å². The van der Waals surface area contributed by atoms with Crippen LogP contribution in [-0.2, 0) is 11.2 Å². The van der Waals surface area contributed by atoms with Crippen molar-refractivity contribution in [2.75, 3.05) is 13.1 Å². The van der Waals surface area contributed by atoms with Gasteiger partial charge in [-0.05, 0) is 59.7 Å². The number of halogens is 1. The first-order chi connectivity index (χ1) is 12.9. The molecule has 0 radical (unpaired) electrons. The van der Waals surface area contributed by atoms with Gasteiger partial charge >= 0.3 is 0 Å². The van der Waals surface area contributed by atoms with Crippen LogP contribution in [0.1, 0.15) is 57.0 Å². The monoisotopic (exact) mass is 373 g/mol. The van der Waals surface area contributed by atoms with Gasteiger partial charge in [0.15, 0.2) is 0 Å². The maximum absolute atomic E-state index is 13.4. The molecule has 1 fully saturated rings. The van der Waals surface area contributed by atoms with Gasteiger partial charge in [0.25, 0.3) is 0 Å². The normalized spacial score (nSPS) is 21.3. The molecule has 0 bridgehead atoms. The number of tetrazole rings is 1. The topological polar surface area (TPSA) is 63.9 Å². The van der Waals surface area contributed by atoms with Gasteiger partial charge < -0.3 is 4.90 Å². The largest absolute Gasteiger partial charge is 0.340 e. The minimum absolute atomic E-state index is 0.0387. The van der Waals surface area contributed by atoms with Gasteiger partial charge in [0, 0.05) is 19.5 Å². The number of carbonyl (C=O) groups excluding carboxylic acids is 1. The average molecular weight is 373 g/mol. The molecule has 146 valence electrons. The lowest BCUT2D eigenvalue weighted by molar-refractivity contribution is -0.138. The summed E-state index contributed by atoms with van der Waals surface area (Å²) in [4.78, 5) is 15.4. The minimum Gasteiger partial charge on any atom is -0.340 e. The van der Waals surface area contributed by atoms with Gasteiger partial charge in [0.05, 0.1) is 0 Å². The van der Waals surface area contributed by atoms with Gasteiger partial charge in [0.2, 0.25) is 5.91 Å². The molecule has 1 aliphatic heterocycles. The zero-order chi connectivity index (χ0) is 19.4. The van der Waals surface area contributed by atoms with Crippen LogP contribution in [0.15, 0.2) is 24.3 Å². The molecule has 0 N–H and O–H groups in total. The Morgan fingerprint density at radius 1 is 1.33 bits per heavy atom. The van der Waals surface area contributed by atoms with E-state index in [1.807, 2.05) is 4.90 Å². The Morgan fingerprint density at radius 3 is 2.70 bits per heavy atom. The second-order valence-electron chi connectivity index (χ2n) is 7.94. The Bertz CT molecular complexity index is 771. The lowest BCUT2D eigenvalue weighted by atomic mass is 9.78. The number of likely N-dealkylation sites (tertiary alicyclic amines) is 1. The van der Waals surface area contributed by atoms with Crippen LogP contribution in [0.5, 0.6) is 0 Å². The van der Waals surface area contributed by atoms with Gasteiger partial charge in [-0.1, -0.05) is 32.4 Å². The first-order valence-corrected chi connectivity index (χ1v) is 9.69. The van der Waals surface area contributed by atoms with Crippen LogP contribution in [0.2, 0.25) is 0 Å². The number of aryl methyl sites for hydroxylation is 1. The number of hydrogen-bond acceptors (Lipinski definition) is 4. The Morgan fingerprint density at radius 2 is 2.07 bits per heavy atom. The van der Waals surface area contributed by atoms with Gasteiger partial charge in [-0.2, -0.15) is 0 Å². The van der Waals surface area contributed by atoms with E-state index in [1.165, 1.54) is 12.1 Å². The van der Waals surface area contributed by atoms with E-state index in [4.69, 9.17) is 0 Å². The van der Waals surface area contributed by atoms with Crippen LogP contribution in [0.25, 0.3) is 0 Å². The molecule has 1 amide bonds. The summed E-state index contributed by atoms with van der Waals surface area (Å²) in [5.74, 6) is 0.354. The molecule has 1 aromatic carbocycles. The smallest absolute Gasteiger partial charge is 0.247 e. The molecule has 2 unspecified atom stereocenters. The number of piperidine rings is 1. The third kappa shape index (κ3) is 4.51. The van der Waals surface area contributed by atoms with E-state index < -0.39 is 6.04 Å². The van der Waals surface area contributed by atoms with Crippen molar-refractivity contribution < 1.29 is 9.18 Å². The highest BCUT2D eigenvalue weighted by Crippen LogP contribution is 2.35. The van der Waals surface area contributed by atoms with Crippen molar-refractivity contribution in [3.63, 3.8) is 0 Å². The van der Waals surface area contributed by atoms with E-state index >= 15 is 0 Å². The zero-order valence-corrected chi connectivity index (χ0v) is 16.4. The number of hydrogen-bond donors (Lipinski definition) is 0. The maximum Gasteiger partial charge on any atom is 0.247 e. The second kappa shape index (κ2) is 8.15. The molecular formula is C20H28FN5O. The molecule has 2 heterocycles. The Labute approximate surface area is 159 Å². The summed E-state index contributed by atoms with van der Waals surface area (Å²) < 4.78 is 14.9. The van der Waals surface area contributed by atoms with Crippen molar-refractivity contribution in [1.82, 2.24) is 25.1 Å². The first-order valence-electron chi connectivity index (χ1n) is 9.69. The van der Waals surface area contributed by atoms with Gasteiger partial charge in [-0.3, -0.25) is 4.79 Å². The van der Waals surface area contributed by atoms with Crippen molar-refractivity contribution >= 4 is 5.91 Å². The van der Waals surface area contributed by atoms with Crippen LogP contribution >= 0.6 is 0 Å². The standard InChI is InChI=1S/C20H28FN5O/c1-4-10-20(3)11-5-12-25(14-20)19(27)18(26-15(2)22-23-24-26)13-16-6-8-17(21)9-7-16/h6-9,18H,4-5,10-14H2,1-3H3. The average Bonchev–Trinajstić information content (AvgIpc) is 3.06. The quantitative estimate of drug-likeness (QED) is 0.779. The number of benzene rings is 1. The summed E-state index contributed by atoms with van der Waals surface area (Å²) in [5, 5.41) is 11.7. The summed E-state index contributed by atoms with van der Waals surface area (Å²) in [6, 6.07) is 5.75. The highest BCUT2D eigenvalue weighted by molar-refractivity contribution is 5.81. The zero-order valence-electron chi connectivity index (χ0n) is 16.4. The van der Waals surface area contributed by atoms with Crippen molar-refractivity contribution in [2.24, 2.45) is 5.41 Å². The Balaban J connectivity index is 1.84. The van der Waals surface area contributed by atoms with Crippen molar-refractivity contribution in [1.29, 1.82) is 0 Å². The van der Waals surface area contributed by atoms with E-state index in [2.05, 4.69) is 29.4 Å². The van der Waals surface area contributed by atoms with Crippen LogP contribution in [-0.4, -0.2) is 44.1 Å². The Hall–Kier alpha value is -2.31. The maximum atomic E-state index is 13.4. The predicted molar refractivity (Wildman–Crippen MR) is 101 cm³/mol. The molecule has 6 nitrogen and oxygen atoms in total. The summed E-state index contributed by atoms with van der Waals surface area (Å²) in [5.41, 5.74) is 1.05. The van der Waals surface area contributed by atoms with Gasteiger partial charge in [0.1, 0.15) is 17.7 Å². The lowest BCUT2D eigenvalue weighted by Crippen LogP contribution is -2.48. The fourth-order valence-electron chi connectivity index (χ4n) is 4.17. The molecule has 3 rings (SSSR count). The van der Waals surface area contributed by atoms with Crippen molar-refractivity contribution in [3.05, 3.63) is 41.5 Å². The van der Waals surface area contributed by atoms with E-state index in [1.54, 1.807) is 23.7 Å². The summed E-state index contributed by atoms with van der Waals surface area (Å²) in [7, 11) is 0. The highest BCUT2D eigenvalue weighted by Gasteiger charge is 2.36. The summed E-state index contributed by atoms with van der Waals surface area (Å²) in [6.07, 6.45) is 4.83. The van der Waals surface area contributed by atoms with Crippen molar-refractivity contribution in [2.45, 2.75) is 58.9 Å². The molecule has 2 aromatic rings. The molecule has 7 heteroatoms. The molecule has 1 saturated heterocycles. The molecule has 1 aliphatic rings. The second-order valence-corrected chi connectivity index (χ2v) is 7.94. The highest BCUT2D eigenvalue weighted by atomic mass is 19.1. The van der Waals surface area contributed by atoms with Gasteiger partial charge in [-0.25, -0.2) is 9.07 Å². The first kappa shape index (κ1) is 19.5. The molecule has 1 aromatic heterocycles. The molecule has 27 heavy (non-hydrogen) atoms. The van der Waals surface area contributed by atoms with E-state index in [0.717, 1.165) is 44.3 Å². The van der Waals surface area contributed by atoms with Crippen LogP contribution in [0.3, 0.4) is 0 Å². The molecule has 0 aliphatic carbocycles. The van der Waals surface area contributed by atoms with Gasteiger partial charge in [-0.15, -0.1) is 5.10 Å². The minimum atomic E-state index is -0.519. The summed E-state index contributed by atoms with van der Waals surface area (Å²) >= 11 is 0. The fourth-order valence-corrected chi connectivity index (χ4v) is 4.17. The van der Waals surface area contributed by atoms with Crippen LogP contribution < -0.4 is 0 Å². The number of amides is 1. The van der Waals surface area contributed by atoms with E-state index in [-0.39, 0.29) is 17.1 Å². The number of carbonyl (C=O) groups is 1. The molecule has 2 atom stereocenters.